The third-order valence-corrected chi connectivity index (χ3v) is 2.85. The van der Waals surface area contributed by atoms with Gasteiger partial charge in [-0.05, 0) is 11.6 Å². The first-order chi connectivity index (χ1) is 7.25. The third-order valence-electron chi connectivity index (χ3n) is 2.02. The fourth-order valence-electron chi connectivity index (χ4n) is 1.15. The van der Waals surface area contributed by atoms with Crippen LogP contribution in [0.3, 0.4) is 0 Å². The van der Waals surface area contributed by atoms with Crippen molar-refractivity contribution < 1.29 is 18.3 Å². The molecule has 0 amide bonds. The average Bonchev–Trinajstić information content (AvgIpc) is 2.18. The number of aliphatic hydroxyl groups excluding tert-OH is 1. The van der Waals surface area contributed by atoms with Crippen LogP contribution >= 0.6 is 23.2 Å². The Labute approximate surface area is 99.8 Å². The third kappa shape index (κ3) is 2.79. The van der Waals surface area contributed by atoms with Crippen LogP contribution in [0.4, 0.5) is 13.2 Å². The molecule has 0 bridgehead atoms. The average molecular weight is 274 g/mol. The summed E-state index contributed by atoms with van der Waals surface area (Å²) in [7, 11) is 0. The van der Waals surface area contributed by atoms with Crippen LogP contribution in [0.25, 0.3) is 0 Å². The number of halogens is 5. The Morgan fingerprint density at radius 3 is 2.31 bits per heavy atom. The highest BCUT2D eigenvalue weighted by Crippen LogP contribution is 2.34. The molecule has 2 nitrogen and oxygen atoms in total. The van der Waals surface area contributed by atoms with Crippen molar-refractivity contribution >= 4 is 23.2 Å². The van der Waals surface area contributed by atoms with Crippen LogP contribution in [0.5, 0.6) is 0 Å². The Kier molecular flexibility index (Phi) is 4.07. The van der Waals surface area contributed by atoms with E-state index < -0.39 is 18.3 Å². The van der Waals surface area contributed by atoms with E-state index >= 15 is 0 Å². The molecular formula is C9H8Cl2F3NO. The van der Waals surface area contributed by atoms with E-state index in [4.69, 9.17) is 34.0 Å². The molecule has 0 heterocycles. The van der Waals surface area contributed by atoms with Crippen LogP contribution in [0.2, 0.25) is 10.0 Å². The van der Waals surface area contributed by atoms with Crippen molar-refractivity contribution in [1.29, 1.82) is 0 Å². The van der Waals surface area contributed by atoms with E-state index in [0.29, 0.717) is 0 Å². The summed E-state index contributed by atoms with van der Waals surface area (Å²) in [5, 5.41) is 8.97. The van der Waals surface area contributed by atoms with Crippen LogP contribution < -0.4 is 5.73 Å². The molecule has 0 spiro atoms. The Balaban J connectivity index is 3.06. The predicted octanol–water partition coefficient (Wildman–Crippen LogP) is 2.92. The minimum absolute atomic E-state index is 0.0426. The zero-order chi connectivity index (χ0) is 12.5. The highest BCUT2D eigenvalue weighted by Gasteiger charge is 2.43. The summed E-state index contributed by atoms with van der Waals surface area (Å²) in [4.78, 5) is 0. The van der Waals surface area contributed by atoms with Crippen molar-refractivity contribution in [3.05, 3.63) is 33.8 Å². The van der Waals surface area contributed by atoms with Gasteiger partial charge in [0, 0.05) is 0 Å². The van der Waals surface area contributed by atoms with Crippen molar-refractivity contribution in [1.82, 2.24) is 0 Å². The van der Waals surface area contributed by atoms with Crippen molar-refractivity contribution in [2.45, 2.75) is 18.3 Å². The molecule has 0 radical (unpaired) electrons. The largest absolute Gasteiger partial charge is 0.416 e. The molecule has 2 atom stereocenters. The van der Waals surface area contributed by atoms with Crippen LogP contribution in [-0.4, -0.2) is 17.4 Å². The molecule has 0 aliphatic carbocycles. The first-order valence-corrected chi connectivity index (χ1v) is 4.95. The molecular weight excluding hydrogens is 266 g/mol. The Bertz CT molecular complexity index is 384. The quantitative estimate of drug-likeness (QED) is 0.871. The second-order valence-electron chi connectivity index (χ2n) is 3.16. The highest BCUT2D eigenvalue weighted by molar-refractivity contribution is 6.42. The zero-order valence-corrected chi connectivity index (χ0v) is 9.31. The smallest absolute Gasteiger partial charge is 0.382 e. The van der Waals surface area contributed by atoms with Gasteiger partial charge >= 0.3 is 6.18 Å². The summed E-state index contributed by atoms with van der Waals surface area (Å²) in [6, 6.07) is 2.45. The lowest BCUT2D eigenvalue weighted by Crippen LogP contribution is -2.39. The van der Waals surface area contributed by atoms with Crippen molar-refractivity contribution in [2.24, 2.45) is 5.73 Å². The molecule has 0 aromatic heterocycles. The molecule has 0 aliphatic heterocycles. The van der Waals surface area contributed by atoms with Crippen LogP contribution in [-0.2, 0) is 0 Å². The van der Waals surface area contributed by atoms with E-state index in [0.717, 1.165) is 0 Å². The number of nitrogens with two attached hydrogens (primary N) is 1. The number of aliphatic hydroxyl groups is 1. The van der Waals surface area contributed by atoms with Gasteiger partial charge in [-0.1, -0.05) is 35.3 Å². The van der Waals surface area contributed by atoms with Gasteiger partial charge < -0.3 is 10.8 Å². The van der Waals surface area contributed by atoms with Gasteiger partial charge in [0.2, 0.25) is 0 Å². The van der Waals surface area contributed by atoms with Gasteiger partial charge in [-0.15, -0.1) is 0 Å². The van der Waals surface area contributed by atoms with Gasteiger partial charge in [-0.3, -0.25) is 0 Å². The molecule has 0 saturated heterocycles. The molecule has 0 saturated carbocycles. The summed E-state index contributed by atoms with van der Waals surface area (Å²) in [5.41, 5.74) is 5.24. The van der Waals surface area contributed by atoms with Crippen molar-refractivity contribution in [3.63, 3.8) is 0 Å². The fraction of sp³-hybridized carbons (Fsp3) is 0.333. The summed E-state index contributed by atoms with van der Waals surface area (Å²) in [5.74, 6) is 0. The molecule has 0 fully saturated rings. The molecule has 1 rings (SSSR count). The maximum Gasteiger partial charge on any atom is 0.416 e. The molecule has 1 aromatic carbocycles. The minimum atomic E-state index is -4.80. The van der Waals surface area contributed by atoms with E-state index in [1.165, 1.54) is 18.2 Å². The van der Waals surface area contributed by atoms with Gasteiger partial charge in [-0.2, -0.15) is 13.2 Å². The van der Waals surface area contributed by atoms with E-state index in [1.807, 2.05) is 0 Å². The lowest BCUT2D eigenvalue weighted by Gasteiger charge is -2.22. The number of alkyl halides is 3. The minimum Gasteiger partial charge on any atom is -0.382 e. The summed E-state index contributed by atoms with van der Waals surface area (Å²) < 4.78 is 36.6. The molecule has 3 N–H and O–H groups in total. The molecule has 16 heavy (non-hydrogen) atoms. The topological polar surface area (TPSA) is 46.2 Å². The summed E-state index contributed by atoms with van der Waals surface area (Å²) >= 11 is 11.3. The molecule has 1 aromatic rings. The lowest BCUT2D eigenvalue weighted by atomic mass is 10.0. The van der Waals surface area contributed by atoms with E-state index in [1.54, 1.807) is 0 Å². The van der Waals surface area contributed by atoms with Crippen LogP contribution in [0, 0.1) is 0 Å². The van der Waals surface area contributed by atoms with Crippen LogP contribution in [0.1, 0.15) is 11.6 Å². The van der Waals surface area contributed by atoms with Gasteiger partial charge in [-0.25, -0.2) is 0 Å². The zero-order valence-electron chi connectivity index (χ0n) is 7.80. The summed E-state index contributed by atoms with van der Waals surface area (Å²) in [6.45, 7) is 0. The van der Waals surface area contributed by atoms with Gasteiger partial charge in [0.15, 0.2) is 6.10 Å². The number of rotatable bonds is 2. The molecule has 90 valence electrons. The number of benzene rings is 1. The van der Waals surface area contributed by atoms with E-state index in [2.05, 4.69) is 0 Å². The van der Waals surface area contributed by atoms with Gasteiger partial charge in [0.05, 0.1) is 16.1 Å². The van der Waals surface area contributed by atoms with E-state index in [9.17, 15) is 13.2 Å². The highest BCUT2D eigenvalue weighted by atomic mass is 35.5. The van der Waals surface area contributed by atoms with Gasteiger partial charge in [0.1, 0.15) is 0 Å². The molecule has 7 heteroatoms. The predicted molar refractivity (Wildman–Crippen MR) is 55.5 cm³/mol. The standard InChI is InChI=1S/C9H8Cl2F3NO/c10-5-3-1-2-4(6(5)11)7(15)8(16)9(12,13)14/h1-3,7-8,16H,15H2/t7-,8-/m1/s1. The summed E-state index contributed by atoms with van der Waals surface area (Å²) in [6.07, 6.45) is -7.48. The normalized spacial score (nSPS) is 15.9. The van der Waals surface area contributed by atoms with Gasteiger partial charge in [0.25, 0.3) is 0 Å². The Morgan fingerprint density at radius 2 is 1.81 bits per heavy atom. The number of hydrogen-bond acceptors (Lipinski definition) is 2. The monoisotopic (exact) mass is 273 g/mol. The van der Waals surface area contributed by atoms with E-state index in [-0.39, 0.29) is 15.6 Å². The van der Waals surface area contributed by atoms with Crippen molar-refractivity contribution in [2.75, 3.05) is 0 Å². The SMILES string of the molecule is N[C@H](c1cccc(Cl)c1Cl)[C@@H](O)C(F)(F)F. The molecule has 0 aliphatic rings. The number of hydrogen-bond donors (Lipinski definition) is 2. The Hall–Kier alpha value is -0.490. The maximum atomic E-state index is 12.2. The first-order valence-electron chi connectivity index (χ1n) is 4.19. The Morgan fingerprint density at radius 1 is 1.25 bits per heavy atom. The van der Waals surface area contributed by atoms with Crippen molar-refractivity contribution in [3.8, 4) is 0 Å². The molecule has 0 unspecified atom stereocenters. The fourth-order valence-corrected chi connectivity index (χ4v) is 1.59. The lowest BCUT2D eigenvalue weighted by molar-refractivity contribution is -0.210. The van der Waals surface area contributed by atoms with Crippen LogP contribution in [0.15, 0.2) is 18.2 Å². The second-order valence-corrected chi connectivity index (χ2v) is 3.94. The first kappa shape index (κ1) is 13.6. The second kappa shape index (κ2) is 4.79. The maximum absolute atomic E-state index is 12.2.